The molecule has 0 bridgehead atoms. The zero-order valence-corrected chi connectivity index (χ0v) is 11.5. The molecule has 1 saturated carbocycles. The van der Waals surface area contributed by atoms with Gasteiger partial charge in [-0.15, -0.1) is 0 Å². The molecule has 88 valence electrons. The maximum atomic E-state index is 4.45. The quantitative estimate of drug-likeness (QED) is 0.898. The van der Waals surface area contributed by atoms with E-state index in [1.165, 1.54) is 12.1 Å². The van der Waals surface area contributed by atoms with Crippen LogP contribution in [0.4, 0.5) is 0 Å². The summed E-state index contributed by atoms with van der Waals surface area (Å²) in [7, 11) is 0. The minimum atomic E-state index is 0.605. The lowest BCUT2D eigenvalue weighted by atomic mass is 10.0. The van der Waals surface area contributed by atoms with Crippen LogP contribution in [0.5, 0.6) is 0 Å². The number of nitrogens with zero attached hydrogens (tertiary/aromatic N) is 1. The summed E-state index contributed by atoms with van der Waals surface area (Å²) in [6, 6.07) is 4.79. The third-order valence-electron chi connectivity index (χ3n) is 3.37. The molecule has 0 radical (unpaired) electrons. The second-order valence-corrected chi connectivity index (χ2v) is 5.63. The molecule has 16 heavy (non-hydrogen) atoms. The van der Waals surface area contributed by atoms with Crippen LogP contribution in [0.25, 0.3) is 0 Å². The van der Waals surface area contributed by atoms with Crippen LogP contribution >= 0.6 is 15.9 Å². The van der Waals surface area contributed by atoms with Gasteiger partial charge in [-0.25, -0.2) is 0 Å². The lowest BCUT2D eigenvalue weighted by Crippen LogP contribution is -2.33. The van der Waals surface area contributed by atoms with Crippen molar-refractivity contribution in [2.45, 2.75) is 32.7 Å². The van der Waals surface area contributed by atoms with Gasteiger partial charge in [0, 0.05) is 28.8 Å². The fraction of sp³-hybridized carbons (Fsp3) is 0.615. The van der Waals surface area contributed by atoms with E-state index in [1.54, 1.807) is 0 Å². The maximum absolute atomic E-state index is 4.45. The van der Waals surface area contributed by atoms with E-state index in [-0.39, 0.29) is 0 Å². The van der Waals surface area contributed by atoms with Crippen molar-refractivity contribution in [2.24, 2.45) is 11.8 Å². The fourth-order valence-electron chi connectivity index (χ4n) is 2.30. The van der Waals surface area contributed by atoms with Gasteiger partial charge in [-0.3, -0.25) is 4.98 Å². The number of hydrogen-bond donors (Lipinski definition) is 1. The van der Waals surface area contributed by atoms with Gasteiger partial charge in [0.15, 0.2) is 0 Å². The fourth-order valence-corrected chi connectivity index (χ4v) is 2.54. The van der Waals surface area contributed by atoms with Crippen molar-refractivity contribution in [3.8, 4) is 0 Å². The van der Waals surface area contributed by atoms with Gasteiger partial charge in [0.05, 0.1) is 0 Å². The summed E-state index contributed by atoms with van der Waals surface area (Å²) < 4.78 is 1.05. The highest BCUT2D eigenvalue weighted by molar-refractivity contribution is 9.10. The molecule has 0 saturated heterocycles. The van der Waals surface area contributed by atoms with Crippen LogP contribution in [0.2, 0.25) is 0 Å². The summed E-state index contributed by atoms with van der Waals surface area (Å²) in [5.41, 5.74) is 1.19. The Balaban J connectivity index is 1.97. The smallest absolute Gasteiger partial charge is 0.0420 e. The molecule has 2 nitrogen and oxygen atoms in total. The van der Waals surface area contributed by atoms with Crippen LogP contribution in [0, 0.1) is 11.8 Å². The molecule has 1 aromatic rings. The molecule has 1 aliphatic carbocycles. The Morgan fingerprint density at radius 3 is 2.81 bits per heavy atom. The lowest BCUT2D eigenvalue weighted by molar-refractivity contribution is 0.451. The number of nitrogens with one attached hydrogen (secondary N) is 1. The van der Waals surface area contributed by atoms with Crippen LogP contribution in [0.3, 0.4) is 0 Å². The van der Waals surface area contributed by atoms with Crippen molar-refractivity contribution in [1.29, 1.82) is 0 Å². The summed E-state index contributed by atoms with van der Waals surface area (Å²) in [5.74, 6) is 1.74. The van der Waals surface area contributed by atoms with Crippen molar-refractivity contribution < 1.29 is 0 Å². The first kappa shape index (κ1) is 12.1. The largest absolute Gasteiger partial charge is 0.314 e. The van der Waals surface area contributed by atoms with E-state index in [0.717, 1.165) is 29.3 Å². The zero-order chi connectivity index (χ0) is 11.5. The first-order valence-corrected chi connectivity index (χ1v) is 6.83. The average Bonchev–Trinajstić information content (AvgIpc) is 2.98. The number of pyridine rings is 1. The van der Waals surface area contributed by atoms with Gasteiger partial charge < -0.3 is 5.32 Å². The standard InChI is InChI=1S/C13H19BrN2/c1-3-15-13(12-6-9(12)2)7-11-5-4-10(14)8-16-11/h4-5,8-9,12-13,15H,3,6-7H2,1-2H3. The Labute approximate surface area is 106 Å². The molecule has 0 aromatic carbocycles. The van der Waals surface area contributed by atoms with E-state index in [4.69, 9.17) is 0 Å². The second kappa shape index (κ2) is 5.28. The van der Waals surface area contributed by atoms with E-state index >= 15 is 0 Å². The Kier molecular flexibility index (Phi) is 3.98. The molecule has 3 unspecified atom stereocenters. The second-order valence-electron chi connectivity index (χ2n) is 4.71. The molecule has 1 aliphatic rings. The van der Waals surface area contributed by atoms with E-state index in [1.807, 2.05) is 6.20 Å². The normalized spacial score (nSPS) is 25.4. The Bertz CT molecular complexity index is 336. The zero-order valence-electron chi connectivity index (χ0n) is 9.91. The first-order valence-electron chi connectivity index (χ1n) is 6.04. The van der Waals surface area contributed by atoms with E-state index < -0.39 is 0 Å². The van der Waals surface area contributed by atoms with Crippen LogP contribution in [-0.2, 0) is 6.42 Å². The molecule has 1 aromatic heterocycles. The van der Waals surface area contributed by atoms with Crippen molar-refractivity contribution in [2.75, 3.05) is 6.54 Å². The topological polar surface area (TPSA) is 24.9 Å². The Hall–Kier alpha value is -0.410. The van der Waals surface area contributed by atoms with E-state index in [9.17, 15) is 0 Å². The van der Waals surface area contributed by atoms with Gasteiger partial charge in [-0.05, 0) is 52.9 Å². The average molecular weight is 283 g/mol. The molecule has 0 amide bonds. The van der Waals surface area contributed by atoms with Crippen molar-refractivity contribution in [3.05, 3.63) is 28.5 Å². The number of halogens is 1. The molecular formula is C13H19BrN2. The van der Waals surface area contributed by atoms with Crippen molar-refractivity contribution >= 4 is 15.9 Å². The van der Waals surface area contributed by atoms with Gasteiger partial charge in [0.25, 0.3) is 0 Å². The Morgan fingerprint density at radius 2 is 2.31 bits per heavy atom. The third-order valence-corrected chi connectivity index (χ3v) is 3.84. The van der Waals surface area contributed by atoms with Gasteiger partial charge in [-0.2, -0.15) is 0 Å². The number of likely N-dealkylation sites (N-methyl/N-ethyl adjacent to an activating group) is 1. The van der Waals surface area contributed by atoms with Gasteiger partial charge >= 0.3 is 0 Å². The first-order chi connectivity index (χ1) is 7.70. The number of aromatic nitrogens is 1. The molecule has 0 aliphatic heterocycles. The molecule has 3 heteroatoms. The Morgan fingerprint density at radius 1 is 1.56 bits per heavy atom. The lowest BCUT2D eigenvalue weighted by Gasteiger charge is -2.17. The highest BCUT2D eigenvalue weighted by Crippen LogP contribution is 2.41. The van der Waals surface area contributed by atoms with Crippen LogP contribution in [0.15, 0.2) is 22.8 Å². The van der Waals surface area contributed by atoms with Gasteiger partial charge in [0.2, 0.25) is 0 Å². The summed E-state index contributed by atoms with van der Waals surface area (Å²) >= 11 is 3.42. The highest BCUT2D eigenvalue weighted by Gasteiger charge is 2.38. The van der Waals surface area contributed by atoms with Crippen molar-refractivity contribution in [3.63, 3.8) is 0 Å². The minimum Gasteiger partial charge on any atom is -0.314 e. The highest BCUT2D eigenvalue weighted by atomic mass is 79.9. The summed E-state index contributed by atoms with van der Waals surface area (Å²) in [4.78, 5) is 4.45. The van der Waals surface area contributed by atoms with Crippen LogP contribution in [-0.4, -0.2) is 17.6 Å². The molecule has 3 atom stereocenters. The van der Waals surface area contributed by atoms with E-state index in [0.29, 0.717) is 6.04 Å². The molecular weight excluding hydrogens is 264 g/mol. The number of hydrogen-bond acceptors (Lipinski definition) is 2. The monoisotopic (exact) mass is 282 g/mol. The summed E-state index contributed by atoms with van der Waals surface area (Å²) in [6.07, 6.45) is 4.30. The van der Waals surface area contributed by atoms with Crippen LogP contribution in [0.1, 0.15) is 26.0 Å². The van der Waals surface area contributed by atoms with Gasteiger partial charge in [0.1, 0.15) is 0 Å². The summed E-state index contributed by atoms with van der Waals surface area (Å²) in [5, 5.41) is 3.59. The predicted octanol–water partition coefficient (Wildman–Crippen LogP) is 3.02. The minimum absolute atomic E-state index is 0.605. The number of rotatable bonds is 5. The molecule has 1 fully saturated rings. The molecule has 2 rings (SSSR count). The SMILES string of the molecule is CCNC(Cc1ccc(Br)cn1)C1CC1C. The molecule has 1 N–H and O–H groups in total. The van der Waals surface area contributed by atoms with Crippen LogP contribution < -0.4 is 5.32 Å². The van der Waals surface area contributed by atoms with E-state index in [2.05, 4.69) is 52.2 Å². The molecule has 1 heterocycles. The predicted molar refractivity (Wildman–Crippen MR) is 70.4 cm³/mol. The van der Waals surface area contributed by atoms with Crippen molar-refractivity contribution in [1.82, 2.24) is 10.3 Å². The maximum Gasteiger partial charge on any atom is 0.0420 e. The third kappa shape index (κ3) is 3.05. The van der Waals surface area contributed by atoms with Gasteiger partial charge in [-0.1, -0.05) is 13.8 Å². The molecule has 0 spiro atoms. The summed E-state index contributed by atoms with van der Waals surface area (Å²) in [6.45, 7) is 5.56.